The van der Waals surface area contributed by atoms with Gasteiger partial charge in [-0.15, -0.1) is 0 Å². The molecule has 2 aromatic rings. The third kappa shape index (κ3) is 4.52. The van der Waals surface area contributed by atoms with E-state index in [9.17, 15) is 4.79 Å². The Balaban J connectivity index is 1.41. The first-order valence-electron chi connectivity index (χ1n) is 8.78. The Labute approximate surface area is 153 Å². The van der Waals surface area contributed by atoms with Gasteiger partial charge in [-0.2, -0.15) is 5.26 Å². The molecule has 1 unspecified atom stereocenters. The van der Waals surface area contributed by atoms with E-state index in [1.54, 1.807) is 0 Å². The standard InChI is InChI=1S/C22H21NO3/c1-16-14-21(26-22(16)24)4-2-3-13-25-20-11-9-19(10-12-20)18-7-5-17(15-23)6-8-18/h5-12,21H,1-4,13-14H2. The highest BCUT2D eigenvalue weighted by Gasteiger charge is 2.26. The molecule has 1 fully saturated rings. The van der Waals surface area contributed by atoms with Crippen LogP contribution in [0.4, 0.5) is 0 Å². The van der Waals surface area contributed by atoms with Crippen LogP contribution in [0.1, 0.15) is 31.2 Å². The molecule has 3 rings (SSSR count). The number of rotatable bonds is 7. The average molecular weight is 347 g/mol. The lowest BCUT2D eigenvalue weighted by atomic mass is 10.0. The second-order valence-electron chi connectivity index (χ2n) is 6.39. The predicted molar refractivity (Wildman–Crippen MR) is 99.6 cm³/mol. The van der Waals surface area contributed by atoms with Crippen molar-refractivity contribution in [2.45, 2.75) is 31.8 Å². The minimum absolute atomic E-state index is 0.0123. The molecule has 0 radical (unpaired) electrons. The molecular formula is C22H21NO3. The quantitative estimate of drug-likeness (QED) is 0.416. The van der Waals surface area contributed by atoms with Gasteiger partial charge in [0.1, 0.15) is 11.9 Å². The Morgan fingerprint density at radius 2 is 1.73 bits per heavy atom. The molecular weight excluding hydrogens is 326 g/mol. The zero-order valence-electron chi connectivity index (χ0n) is 14.6. The van der Waals surface area contributed by atoms with E-state index >= 15 is 0 Å². The molecule has 1 saturated heterocycles. The molecule has 4 heteroatoms. The number of nitriles is 1. The fraction of sp³-hybridized carbons (Fsp3) is 0.273. The minimum atomic E-state index is -0.256. The molecule has 1 atom stereocenters. The molecule has 1 aliphatic rings. The lowest BCUT2D eigenvalue weighted by Crippen LogP contribution is -2.07. The summed E-state index contributed by atoms with van der Waals surface area (Å²) in [7, 11) is 0. The van der Waals surface area contributed by atoms with Crippen molar-refractivity contribution in [1.29, 1.82) is 5.26 Å². The van der Waals surface area contributed by atoms with E-state index < -0.39 is 0 Å². The fourth-order valence-corrected chi connectivity index (χ4v) is 2.94. The molecule has 4 nitrogen and oxygen atoms in total. The van der Waals surface area contributed by atoms with Gasteiger partial charge in [0.05, 0.1) is 18.2 Å². The number of hydrogen-bond acceptors (Lipinski definition) is 4. The maximum absolute atomic E-state index is 11.3. The highest BCUT2D eigenvalue weighted by atomic mass is 16.5. The van der Waals surface area contributed by atoms with Gasteiger partial charge in [-0.3, -0.25) is 0 Å². The number of cyclic esters (lactones) is 1. The van der Waals surface area contributed by atoms with Gasteiger partial charge in [0.15, 0.2) is 0 Å². The van der Waals surface area contributed by atoms with Gasteiger partial charge >= 0.3 is 5.97 Å². The van der Waals surface area contributed by atoms with Gasteiger partial charge in [0, 0.05) is 12.0 Å². The summed E-state index contributed by atoms with van der Waals surface area (Å²) in [5.41, 5.74) is 3.40. The summed E-state index contributed by atoms with van der Waals surface area (Å²) in [6.45, 7) is 4.33. The third-order valence-corrected chi connectivity index (χ3v) is 4.43. The number of carbonyl (C=O) groups excluding carboxylic acids is 1. The van der Waals surface area contributed by atoms with Crippen LogP contribution in [0.25, 0.3) is 11.1 Å². The topological polar surface area (TPSA) is 59.3 Å². The van der Waals surface area contributed by atoms with Gasteiger partial charge in [-0.05, 0) is 54.7 Å². The molecule has 0 amide bonds. The van der Waals surface area contributed by atoms with Gasteiger partial charge in [-0.25, -0.2) is 4.79 Å². The molecule has 26 heavy (non-hydrogen) atoms. The molecule has 1 heterocycles. The van der Waals surface area contributed by atoms with E-state index in [1.807, 2.05) is 48.5 Å². The SMILES string of the molecule is C=C1CC(CCCCOc2ccc(-c3ccc(C#N)cc3)cc2)OC1=O. The number of hydrogen-bond donors (Lipinski definition) is 0. The van der Waals surface area contributed by atoms with Gasteiger partial charge < -0.3 is 9.47 Å². The van der Waals surface area contributed by atoms with Crippen LogP contribution < -0.4 is 4.74 Å². The maximum Gasteiger partial charge on any atom is 0.333 e. The Bertz CT molecular complexity index is 800. The molecule has 0 spiro atoms. The van der Waals surface area contributed by atoms with Crippen molar-refractivity contribution >= 4 is 5.97 Å². The molecule has 0 aromatic heterocycles. The zero-order chi connectivity index (χ0) is 18.4. The summed E-state index contributed by atoms with van der Waals surface area (Å²) < 4.78 is 11.0. The summed E-state index contributed by atoms with van der Waals surface area (Å²) in [4.78, 5) is 11.3. The van der Waals surface area contributed by atoms with E-state index in [1.165, 1.54) is 0 Å². The molecule has 1 aliphatic heterocycles. The van der Waals surface area contributed by atoms with Crippen molar-refractivity contribution in [1.82, 2.24) is 0 Å². The smallest absolute Gasteiger partial charge is 0.333 e. The predicted octanol–water partition coefficient (Wildman–Crippen LogP) is 4.65. The molecule has 0 aliphatic carbocycles. The summed E-state index contributed by atoms with van der Waals surface area (Å²) in [5.74, 6) is 0.580. The van der Waals surface area contributed by atoms with Crippen molar-refractivity contribution in [3.05, 3.63) is 66.2 Å². The lowest BCUT2D eigenvalue weighted by molar-refractivity contribution is -0.139. The van der Waals surface area contributed by atoms with Crippen molar-refractivity contribution in [3.8, 4) is 22.9 Å². The van der Waals surface area contributed by atoms with Crippen LogP contribution >= 0.6 is 0 Å². The van der Waals surface area contributed by atoms with Crippen LogP contribution in [-0.2, 0) is 9.53 Å². The second kappa shape index (κ2) is 8.35. The number of nitrogens with zero attached hydrogens (tertiary/aromatic N) is 1. The maximum atomic E-state index is 11.3. The zero-order valence-corrected chi connectivity index (χ0v) is 14.6. The molecule has 0 saturated carbocycles. The van der Waals surface area contributed by atoms with E-state index in [2.05, 4.69) is 12.6 Å². The van der Waals surface area contributed by atoms with Crippen LogP contribution in [0.5, 0.6) is 5.75 Å². The second-order valence-corrected chi connectivity index (χ2v) is 6.39. The van der Waals surface area contributed by atoms with Crippen LogP contribution in [0.15, 0.2) is 60.7 Å². The Hall–Kier alpha value is -3.06. The van der Waals surface area contributed by atoms with E-state index in [0.717, 1.165) is 36.1 Å². The van der Waals surface area contributed by atoms with Crippen molar-refractivity contribution in [2.24, 2.45) is 0 Å². The Kier molecular flexibility index (Phi) is 5.70. The van der Waals surface area contributed by atoms with E-state index in [-0.39, 0.29) is 12.1 Å². The molecule has 0 N–H and O–H groups in total. The van der Waals surface area contributed by atoms with Gasteiger partial charge in [0.25, 0.3) is 0 Å². The first kappa shape index (κ1) is 17.8. The van der Waals surface area contributed by atoms with Crippen LogP contribution in [-0.4, -0.2) is 18.7 Å². The molecule has 132 valence electrons. The van der Waals surface area contributed by atoms with Crippen LogP contribution in [0.2, 0.25) is 0 Å². The number of unbranched alkanes of at least 4 members (excludes halogenated alkanes) is 1. The number of esters is 1. The fourth-order valence-electron chi connectivity index (χ4n) is 2.94. The van der Waals surface area contributed by atoms with Crippen LogP contribution in [0, 0.1) is 11.3 Å². The average Bonchev–Trinajstić information content (AvgIpc) is 3.00. The number of ether oxygens (including phenoxy) is 2. The summed E-state index contributed by atoms with van der Waals surface area (Å²) >= 11 is 0. The highest BCUT2D eigenvalue weighted by Crippen LogP contribution is 2.24. The summed E-state index contributed by atoms with van der Waals surface area (Å²) in [6.07, 6.45) is 3.36. The molecule has 0 bridgehead atoms. The Morgan fingerprint density at radius 3 is 2.31 bits per heavy atom. The van der Waals surface area contributed by atoms with E-state index in [0.29, 0.717) is 24.2 Å². The van der Waals surface area contributed by atoms with Crippen LogP contribution in [0.3, 0.4) is 0 Å². The summed E-state index contributed by atoms with van der Waals surface area (Å²) in [5, 5.41) is 8.85. The number of carbonyl (C=O) groups is 1. The monoisotopic (exact) mass is 347 g/mol. The third-order valence-electron chi connectivity index (χ3n) is 4.43. The lowest BCUT2D eigenvalue weighted by Gasteiger charge is -2.10. The number of benzene rings is 2. The highest BCUT2D eigenvalue weighted by molar-refractivity contribution is 5.89. The summed E-state index contributed by atoms with van der Waals surface area (Å²) in [6, 6.07) is 17.6. The van der Waals surface area contributed by atoms with Gasteiger partial charge in [0.2, 0.25) is 0 Å². The van der Waals surface area contributed by atoms with Gasteiger partial charge in [-0.1, -0.05) is 30.8 Å². The minimum Gasteiger partial charge on any atom is -0.494 e. The largest absolute Gasteiger partial charge is 0.494 e. The molecule has 2 aromatic carbocycles. The normalized spacial score (nSPS) is 16.2. The van der Waals surface area contributed by atoms with E-state index in [4.69, 9.17) is 14.7 Å². The first-order valence-corrected chi connectivity index (χ1v) is 8.78. The van der Waals surface area contributed by atoms with Crippen molar-refractivity contribution in [3.63, 3.8) is 0 Å². The van der Waals surface area contributed by atoms with Crippen molar-refractivity contribution in [2.75, 3.05) is 6.61 Å². The Morgan fingerprint density at radius 1 is 1.08 bits per heavy atom. The van der Waals surface area contributed by atoms with Crippen molar-refractivity contribution < 1.29 is 14.3 Å². The first-order chi connectivity index (χ1) is 12.7.